The monoisotopic (exact) mass is 414 g/mol. The van der Waals surface area contributed by atoms with E-state index in [1.165, 1.54) is 32.4 Å². The summed E-state index contributed by atoms with van der Waals surface area (Å²) in [7, 11) is 2.64. The lowest BCUT2D eigenvalue weighted by Gasteiger charge is -2.12. The van der Waals surface area contributed by atoms with Gasteiger partial charge in [-0.1, -0.05) is 18.2 Å². The number of nitrogens with one attached hydrogen (secondary N) is 1. The summed E-state index contributed by atoms with van der Waals surface area (Å²) in [4.78, 5) is 36.4. The molecule has 0 bridgehead atoms. The highest BCUT2D eigenvalue weighted by Gasteiger charge is 2.35. The second-order valence-electron chi connectivity index (χ2n) is 6.28. The van der Waals surface area contributed by atoms with E-state index in [2.05, 4.69) is 10.1 Å². The molecule has 3 rings (SSSR count). The maximum absolute atomic E-state index is 13.0. The molecule has 1 N–H and O–H groups in total. The van der Waals surface area contributed by atoms with Crippen molar-refractivity contribution in [2.45, 2.75) is 6.61 Å². The van der Waals surface area contributed by atoms with Crippen LogP contribution in [0.3, 0.4) is 0 Å². The molecular weight excluding hydrogens is 395 g/mol. The Labute approximate surface area is 171 Å². The number of carbonyl (C=O) groups is 3. The quantitative estimate of drug-likeness (QED) is 0.425. The molecule has 156 valence electrons. The highest BCUT2D eigenvalue weighted by molar-refractivity contribution is 6.15. The minimum atomic E-state index is -0.706. The highest BCUT2D eigenvalue weighted by atomic mass is 19.1. The number of rotatable bonds is 7. The SMILES string of the molecule is COC(=O)CN1C(=O)NC(=Cc2ccc(OCc3ccc(F)cc3)c(OC)c2)C1=O. The van der Waals surface area contributed by atoms with Gasteiger partial charge in [0.15, 0.2) is 11.5 Å². The number of urea groups is 1. The topological polar surface area (TPSA) is 94.2 Å². The van der Waals surface area contributed by atoms with Gasteiger partial charge in [0.05, 0.1) is 14.2 Å². The minimum absolute atomic E-state index is 0.0194. The van der Waals surface area contributed by atoms with E-state index in [4.69, 9.17) is 9.47 Å². The summed E-state index contributed by atoms with van der Waals surface area (Å²) in [6.07, 6.45) is 1.46. The van der Waals surface area contributed by atoms with Gasteiger partial charge in [-0.15, -0.1) is 0 Å². The lowest BCUT2D eigenvalue weighted by molar-refractivity contribution is -0.143. The lowest BCUT2D eigenvalue weighted by Crippen LogP contribution is -2.36. The van der Waals surface area contributed by atoms with Crippen molar-refractivity contribution < 1.29 is 33.0 Å². The number of hydrogen-bond acceptors (Lipinski definition) is 6. The summed E-state index contributed by atoms with van der Waals surface area (Å²) in [5, 5.41) is 2.42. The molecule has 0 atom stereocenters. The lowest BCUT2D eigenvalue weighted by atomic mass is 10.1. The summed E-state index contributed by atoms with van der Waals surface area (Å²) in [6.45, 7) is -0.258. The molecule has 0 saturated carbocycles. The van der Waals surface area contributed by atoms with Crippen LogP contribution in [-0.2, 0) is 20.9 Å². The zero-order chi connectivity index (χ0) is 21.7. The van der Waals surface area contributed by atoms with Crippen molar-refractivity contribution in [3.63, 3.8) is 0 Å². The Balaban J connectivity index is 1.74. The second-order valence-corrected chi connectivity index (χ2v) is 6.28. The number of esters is 1. The van der Waals surface area contributed by atoms with Crippen molar-refractivity contribution in [3.8, 4) is 11.5 Å². The van der Waals surface area contributed by atoms with Crippen LogP contribution in [0.1, 0.15) is 11.1 Å². The third-order valence-corrected chi connectivity index (χ3v) is 4.28. The standard InChI is InChI=1S/C21H19FN2O6/c1-28-18-10-14(5-8-17(18)30-12-13-3-6-15(22)7-4-13)9-16-20(26)24(21(27)23-16)11-19(25)29-2/h3-10H,11-12H2,1-2H3,(H,23,27). The van der Waals surface area contributed by atoms with Gasteiger partial charge < -0.3 is 19.5 Å². The molecule has 3 amide bonds. The molecule has 0 aromatic heterocycles. The Bertz CT molecular complexity index is 1000. The van der Waals surface area contributed by atoms with Crippen LogP contribution in [0, 0.1) is 5.82 Å². The summed E-state index contributed by atoms with van der Waals surface area (Å²) >= 11 is 0. The van der Waals surface area contributed by atoms with E-state index < -0.39 is 24.5 Å². The fourth-order valence-electron chi connectivity index (χ4n) is 2.71. The van der Waals surface area contributed by atoms with Gasteiger partial charge in [-0.05, 0) is 41.5 Å². The van der Waals surface area contributed by atoms with Crippen LogP contribution in [0.2, 0.25) is 0 Å². The first-order chi connectivity index (χ1) is 14.4. The summed E-state index contributed by atoms with van der Waals surface area (Å²) in [5.41, 5.74) is 1.38. The number of halogens is 1. The number of carbonyl (C=O) groups excluding carboxylic acids is 3. The predicted molar refractivity (Wildman–Crippen MR) is 104 cm³/mol. The largest absolute Gasteiger partial charge is 0.493 e. The summed E-state index contributed by atoms with van der Waals surface area (Å²) in [5.74, 6) is -0.801. The first-order valence-electron chi connectivity index (χ1n) is 8.88. The number of ether oxygens (including phenoxy) is 3. The molecule has 0 radical (unpaired) electrons. The number of imide groups is 1. The average molecular weight is 414 g/mol. The van der Waals surface area contributed by atoms with E-state index in [0.29, 0.717) is 17.1 Å². The minimum Gasteiger partial charge on any atom is -0.493 e. The van der Waals surface area contributed by atoms with Crippen molar-refractivity contribution in [3.05, 3.63) is 65.1 Å². The van der Waals surface area contributed by atoms with Crippen molar-refractivity contribution in [1.29, 1.82) is 0 Å². The van der Waals surface area contributed by atoms with Crippen LogP contribution < -0.4 is 14.8 Å². The van der Waals surface area contributed by atoms with E-state index in [-0.39, 0.29) is 18.1 Å². The van der Waals surface area contributed by atoms with Gasteiger partial charge in [0.25, 0.3) is 5.91 Å². The van der Waals surface area contributed by atoms with Crippen LogP contribution in [0.25, 0.3) is 6.08 Å². The third kappa shape index (κ3) is 4.75. The van der Waals surface area contributed by atoms with Gasteiger partial charge in [-0.2, -0.15) is 0 Å². The average Bonchev–Trinajstić information content (AvgIpc) is 3.00. The van der Waals surface area contributed by atoms with E-state index in [9.17, 15) is 18.8 Å². The van der Waals surface area contributed by atoms with Gasteiger partial charge in [0.2, 0.25) is 0 Å². The summed E-state index contributed by atoms with van der Waals surface area (Å²) < 4.78 is 28.5. The van der Waals surface area contributed by atoms with Crippen molar-refractivity contribution >= 4 is 24.0 Å². The van der Waals surface area contributed by atoms with E-state index >= 15 is 0 Å². The van der Waals surface area contributed by atoms with E-state index in [1.54, 1.807) is 30.3 Å². The summed E-state index contributed by atoms with van der Waals surface area (Å²) in [6, 6.07) is 10.2. The van der Waals surface area contributed by atoms with Gasteiger partial charge in [-0.25, -0.2) is 14.1 Å². The van der Waals surface area contributed by atoms with Crippen molar-refractivity contribution in [2.24, 2.45) is 0 Å². The molecule has 1 aliphatic heterocycles. The normalized spacial score (nSPS) is 14.6. The Morgan fingerprint density at radius 2 is 1.83 bits per heavy atom. The third-order valence-electron chi connectivity index (χ3n) is 4.28. The molecule has 1 aliphatic rings. The van der Waals surface area contributed by atoms with E-state index in [0.717, 1.165) is 10.5 Å². The molecule has 9 heteroatoms. The molecule has 2 aromatic rings. The van der Waals surface area contributed by atoms with Gasteiger partial charge in [0.1, 0.15) is 24.7 Å². The zero-order valence-electron chi connectivity index (χ0n) is 16.3. The van der Waals surface area contributed by atoms with Crippen LogP contribution in [-0.4, -0.2) is 43.6 Å². The molecule has 1 saturated heterocycles. The van der Waals surface area contributed by atoms with E-state index in [1.807, 2.05) is 0 Å². The molecule has 30 heavy (non-hydrogen) atoms. The molecular formula is C21H19FN2O6. The number of nitrogens with zero attached hydrogens (tertiary/aromatic N) is 1. The Morgan fingerprint density at radius 3 is 2.50 bits per heavy atom. The molecule has 0 spiro atoms. The molecule has 0 aliphatic carbocycles. The van der Waals surface area contributed by atoms with Crippen LogP contribution >= 0.6 is 0 Å². The number of benzene rings is 2. The van der Waals surface area contributed by atoms with Crippen molar-refractivity contribution in [2.75, 3.05) is 20.8 Å². The van der Waals surface area contributed by atoms with Crippen LogP contribution in [0.15, 0.2) is 48.2 Å². The van der Waals surface area contributed by atoms with Gasteiger partial charge in [0, 0.05) is 0 Å². The van der Waals surface area contributed by atoms with Crippen LogP contribution in [0.5, 0.6) is 11.5 Å². The van der Waals surface area contributed by atoms with Gasteiger partial charge in [-0.3, -0.25) is 9.59 Å². The maximum Gasteiger partial charge on any atom is 0.329 e. The molecule has 8 nitrogen and oxygen atoms in total. The van der Waals surface area contributed by atoms with Gasteiger partial charge >= 0.3 is 12.0 Å². The first-order valence-corrected chi connectivity index (χ1v) is 8.88. The van der Waals surface area contributed by atoms with Crippen molar-refractivity contribution in [1.82, 2.24) is 10.2 Å². The number of hydrogen-bond donors (Lipinski definition) is 1. The second kappa shape index (κ2) is 9.08. The first kappa shape index (κ1) is 20.8. The highest BCUT2D eigenvalue weighted by Crippen LogP contribution is 2.30. The fourth-order valence-corrected chi connectivity index (χ4v) is 2.71. The Morgan fingerprint density at radius 1 is 1.10 bits per heavy atom. The fraction of sp³-hybridized carbons (Fsp3) is 0.190. The zero-order valence-corrected chi connectivity index (χ0v) is 16.3. The molecule has 0 unspecified atom stereocenters. The molecule has 1 heterocycles. The maximum atomic E-state index is 13.0. The number of amides is 3. The Hall–Kier alpha value is -3.88. The predicted octanol–water partition coefficient (Wildman–Crippen LogP) is 2.48. The smallest absolute Gasteiger partial charge is 0.329 e. The Kier molecular flexibility index (Phi) is 6.31. The number of methoxy groups -OCH3 is 2. The van der Waals surface area contributed by atoms with Crippen LogP contribution in [0.4, 0.5) is 9.18 Å². The molecule has 2 aromatic carbocycles. The molecule has 1 fully saturated rings.